The summed E-state index contributed by atoms with van der Waals surface area (Å²) >= 11 is 0. The van der Waals surface area contributed by atoms with Crippen LogP contribution in [0.4, 0.5) is 4.79 Å². The van der Waals surface area contributed by atoms with Gasteiger partial charge < -0.3 is 23.9 Å². The van der Waals surface area contributed by atoms with Crippen LogP contribution in [-0.4, -0.2) is 52.8 Å². The van der Waals surface area contributed by atoms with Gasteiger partial charge in [-0.05, 0) is 52.7 Å². The number of hydrogen-bond donors (Lipinski definition) is 1. The number of ether oxygens (including phenoxy) is 1. The molecule has 9 heteroatoms. The maximum Gasteiger partial charge on any atom is 0.409 e. The van der Waals surface area contributed by atoms with Crippen molar-refractivity contribution >= 4 is 23.1 Å². The number of amides is 2. The van der Waals surface area contributed by atoms with Crippen LogP contribution in [0.25, 0.3) is 22.4 Å². The Kier molecular flexibility index (Phi) is 5.67. The molecule has 0 aromatic carbocycles. The van der Waals surface area contributed by atoms with Crippen LogP contribution in [0.15, 0.2) is 21.1 Å². The fourth-order valence-electron chi connectivity index (χ4n) is 3.98. The summed E-state index contributed by atoms with van der Waals surface area (Å²) in [6.45, 7) is 8.73. The number of pyridine rings is 1. The van der Waals surface area contributed by atoms with Crippen LogP contribution in [-0.2, 0) is 4.74 Å². The van der Waals surface area contributed by atoms with Crippen molar-refractivity contribution < 1.29 is 23.3 Å². The lowest BCUT2D eigenvalue weighted by Gasteiger charge is -2.31. The van der Waals surface area contributed by atoms with Crippen molar-refractivity contribution in [3.05, 3.63) is 34.9 Å². The minimum atomic E-state index is -0.307. The number of rotatable bonds is 4. The lowest BCUT2D eigenvalue weighted by molar-refractivity contribution is 0.0861. The molecule has 2 amide bonds. The van der Waals surface area contributed by atoms with Crippen LogP contribution in [0, 0.1) is 20.8 Å². The SMILES string of the molecule is CCOC(=O)N1CCC(NC(=O)c2cc(-c3cc(C)oc3C)nc3onc(C)c23)CC1. The van der Waals surface area contributed by atoms with Crippen molar-refractivity contribution in [2.75, 3.05) is 19.7 Å². The van der Waals surface area contributed by atoms with Crippen molar-refractivity contribution in [1.82, 2.24) is 20.4 Å². The molecule has 9 nitrogen and oxygen atoms in total. The van der Waals surface area contributed by atoms with Gasteiger partial charge in [-0.25, -0.2) is 9.78 Å². The Morgan fingerprint density at radius 1 is 1.23 bits per heavy atom. The molecule has 164 valence electrons. The second kappa shape index (κ2) is 8.41. The Morgan fingerprint density at radius 2 is 1.97 bits per heavy atom. The molecule has 4 rings (SSSR count). The Balaban J connectivity index is 1.57. The zero-order valence-electron chi connectivity index (χ0n) is 18.2. The first-order chi connectivity index (χ1) is 14.9. The summed E-state index contributed by atoms with van der Waals surface area (Å²) in [4.78, 5) is 31.3. The van der Waals surface area contributed by atoms with Crippen molar-refractivity contribution in [3.8, 4) is 11.3 Å². The van der Waals surface area contributed by atoms with Gasteiger partial charge in [0.15, 0.2) is 0 Å². The molecule has 1 aliphatic heterocycles. The molecular formula is C22H26N4O5. The molecule has 1 aliphatic rings. The Labute approximate surface area is 179 Å². The third-order valence-electron chi connectivity index (χ3n) is 5.53. The second-order valence-electron chi connectivity index (χ2n) is 7.76. The number of aryl methyl sites for hydroxylation is 3. The fraction of sp³-hybridized carbons (Fsp3) is 0.455. The number of carbonyl (C=O) groups is 2. The number of nitrogens with one attached hydrogen (secondary N) is 1. The van der Waals surface area contributed by atoms with Gasteiger partial charge in [0.05, 0.1) is 28.9 Å². The fourth-order valence-corrected chi connectivity index (χ4v) is 3.98. The maximum atomic E-state index is 13.2. The zero-order valence-corrected chi connectivity index (χ0v) is 18.2. The van der Waals surface area contributed by atoms with E-state index in [4.69, 9.17) is 13.7 Å². The van der Waals surface area contributed by atoms with Gasteiger partial charge >= 0.3 is 6.09 Å². The first-order valence-corrected chi connectivity index (χ1v) is 10.4. The van der Waals surface area contributed by atoms with Crippen LogP contribution in [0.2, 0.25) is 0 Å². The normalized spacial score (nSPS) is 14.8. The molecule has 0 atom stereocenters. The smallest absolute Gasteiger partial charge is 0.409 e. The third-order valence-corrected chi connectivity index (χ3v) is 5.53. The van der Waals surface area contributed by atoms with Crippen molar-refractivity contribution in [2.24, 2.45) is 0 Å². The van der Waals surface area contributed by atoms with E-state index in [9.17, 15) is 9.59 Å². The Hall–Kier alpha value is -3.36. The lowest BCUT2D eigenvalue weighted by atomic mass is 10.0. The summed E-state index contributed by atoms with van der Waals surface area (Å²) in [6, 6.07) is 3.61. The molecule has 3 aromatic rings. The van der Waals surface area contributed by atoms with Crippen molar-refractivity contribution in [3.63, 3.8) is 0 Å². The molecule has 31 heavy (non-hydrogen) atoms. The van der Waals surface area contributed by atoms with Crippen molar-refractivity contribution in [2.45, 2.75) is 46.6 Å². The van der Waals surface area contributed by atoms with Crippen LogP contribution < -0.4 is 5.32 Å². The highest BCUT2D eigenvalue weighted by molar-refractivity contribution is 6.07. The molecule has 0 unspecified atom stereocenters. The first kappa shape index (κ1) is 20.9. The Bertz CT molecular complexity index is 1120. The van der Waals surface area contributed by atoms with Crippen LogP contribution in [0.1, 0.15) is 47.3 Å². The molecule has 1 N–H and O–H groups in total. The first-order valence-electron chi connectivity index (χ1n) is 10.4. The number of hydrogen-bond acceptors (Lipinski definition) is 7. The average Bonchev–Trinajstić information content (AvgIpc) is 3.29. The molecule has 0 spiro atoms. The topological polar surface area (TPSA) is 111 Å². The highest BCUT2D eigenvalue weighted by Gasteiger charge is 2.27. The summed E-state index contributed by atoms with van der Waals surface area (Å²) in [5, 5.41) is 7.69. The van der Waals surface area contributed by atoms with E-state index in [-0.39, 0.29) is 18.0 Å². The number of furan rings is 1. The van der Waals surface area contributed by atoms with Crippen molar-refractivity contribution in [1.29, 1.82) is 0 Å². The molecule has 1 saturated heterocycles. The molecule has 0 bridgehead atoms. The second-order valence-corrected chi connectivity index (χ2v) is 7.76. The minimum absolute atomic E-state index is 0.0390. The van der Waals surface area contributed by atoms with Crippen LogP contribution >= 0.6 is 0 Å². The van der Waals surface area contributed by atoms with E-state index in [1.807, 2.05) is 19.9 Å². The predicted octanol–water partition coefficient (Wildman–Crippen LogP) is 3.76. The van der Waals surface area contributed by atoms with E-state index in [0.717, 1.165) is 17.1 Å². The third kappa shape index (κ3) is 4.12. The summed E-state index contributed by atoms with van der Waals surface area (Å²) in [5.74, 6) is 1.27. The molecule has 3 aromatic heterocycles. The van der Waals surface area contributed by atoms with Gasteiger partial charge in [0.2, 0.25) is 0 Å². The Morgan fingerprint density at radius 3 is 2.61 bits per heavy atom. The summed E-state index contributed by atoms with van der Waals surface area (Å²) < 4.78 is 16.1. The number of piperidine rings is 1. The number of nitrogens with zero attached hydrogens (tertiary/aromatic N) is 3. The highest BCUT2D eigenvalue weighted by atomic mass is 16.6. The van der Waals surface area contributed by atoms with E-state index < -0.39 is 0 Å². The van der Waals surface area contributed by atoms with Gasteiger partial charge in [-0.3, -0.25) is 4.79 Å². The number of aromatic nitrogens is 2. The minimum Gasteiger partial charge on any atom is -0.466 e. The number of carbonyl (C=O) groups excluding carboxylic acids is 2. The molecule has 0 radical (unpaired) electrons. The standard InChI is InChI=1S/C22H26N4O5/c1-5-29-22(28)26-8-6-15(7-9-26)23-20(27)17-11-18(16-10-12(2)30-14(16)4)24-21-19(17)13(3)25-31-21/h10-11,15H,5-9H2,1-4H3,(H,23,27). The van der Waals surface area contributed by atoms with E-state index in [1.165, 1.54) is 0 Å². The van der Waals surface area contributed by atoms with Gasteiger partial charge in [0.1, 0.15) is 11.5 Å². The van der Waals surface area contributed by atoms with E-state index in [2.05, 4.69) is 15.5 Å². The van der Waals surface area contributed by atoms with Crippen LogP contribution in [0.5, 0.6) is 0 Å². The maximum absolute atomic E-state index is 13.2. The van der Waals surface area contributed by atoms with Gasteiger partial charge in [0, 0.05) is 24.7 Å². The quantitative estimate of drug-likeness (QED) is 0.676. The van der Waals surface area contributed by atoms with E-state index in [1.54, 1.807) is 24.8 Å². The molecule has 4 heterocycles. The van der Waals surface area contributed by atoms with Gasteiger partial charge in [-0.15, -0.1) is 0 Å². The summed E-state index contributed by atoms with van der Waals surface area (Å²) in [7, 11) is 0. The summed E-state index contributed by atoms with van der Waals surface area (Å²) in [6.07, 6.45) is 1.02. The van der Waals surface area contributed by atoms with Gasteiger partial charge in [-0.1, -0.05) is 5.16 Å². The average molecular weight is 426 g/mol. The molecule has 0 saturated carbocycles. The number of likely N-dealkylation sites (tertiary alicyclic amines) is 1. The lowest BCUT2D eigenvalue weighted by Crippen LogP contribution is -2.46. The van der Waals surface area contributed by atoms with Crippen LogP contribution in [0.3, 0.4) is 0 Å². The molecule has 1 fully saturated rings. The predicted molar refractivity (Wildman–Crippen MR) is 113 cm³/mol. The van der Waals surface area contributed by atoms with Gasteiger partial charge in [0.25, 0.3) is 11.6 Å². The number of fused-ring (bicyclic) bond motifs is 1. The van der Waals surface area contributed by atoms with Gasteiger partial charge in [-0.2, -0.15) is 0 Å². The molecular weight excluding hydrogens is 400 g/mol. The molecule has 0 aliphatic carbocycles. The highest BCUT2D eigenvalue weighted by Crippen LogP contribution is 2.30. The largest absolute Gasteiger partial charge is 0.466 e. The van der Waals surface area contributed by atoms with E-state index >= 15 is 0 Å². The zero-order chi connectivity index (χ0) is 22.1. The summed E-state index contributed by atoms with van der Waals surface area (Å²) in [5.41, 5.74) is 2.79. The van der Waals surface area contributed by atoms with E-state index in [0.29, 0.717) is 60.6 Å². The monoisotopic (exact) mass is 426 g/mol.